The van der Waals surface area contributed by atoms with Crippen LogP contribution in [0.1, 0.15) is 31.7 Å². The number of benzene rings is 1. The molecule has 112 valence electrons. The van der Waals surface area contributed by atoms with Crippen molar-refractivity contribution in [2.75, 3.05) is 24.0 Å². The molecular formula is C16H25FN2S. The van der Waals surface area contributed by atoms with Crippen LogP contribution in [0.2, 0.25) is 0 Å². The van der Waals surface area contributed by atoms with Gasteiger partial charge in [0.05, 0.1) is 0 Å². The quantitative estimate of drug-likeness (QED) is 0.788. The summed E-state index contributed by atoms with van der Waals surface area (Å²) in [4.78, 5) is 2.31. The first-order valence-electron chi connectivity index (χ1n) is 7.39. The first kappa shape index (κ1) is 15.6. The van der Waals surface area contributed by atoms with Gasteiger partial charge in [0.25, 0.3) is 0 Å². The van der Waals surface area contributed by atoms with Crippen LogP contribution in [0.15, 0.2) is 18.2 Å². The van der Waals surface area contributed by atoms with Gasteiger partial charge in [0, 0.05) is 37.1 Å². The molecule has 0 bridgehead atoms. The Kier molecular flexibility index (Phi) is 5.73. The lowest BCUT2D eigenvalue weighted by Crippen LogP contribution is -2.34. The number of rotatable bonds is 8. The van der Waals surface area contributed by atoms with E-state index >= 15 is 0 Å². The topological polar surface area (TPSA) is 15.3 Å². The van der Waals surface area contributed by atoms with Crippen molar-refractivity contribution < 1.29 is 4.39 Å². The van der Waals surface area contributed by atoms with Crippen molar-refractivity contribution in [2.24, 2.45) is 0 Å². The molecule has 1 atom stereocenters. The molecule has 0 aromatic heterocycles. The van der Waals surface area contributed by atoms with Gasteiger partial charge >= 0.3 is 0 Å². The minimum absolute atomic E-state index is 0.146. The molecule has 1 aromatic rings. The standard InChI is InChI=1S/C16H25FN2S/c1-4-15(11-20-3)19(2)16-8-5-13(17)9-12(16)10-18-14-6-7-14/h5,8-9,14-15,18H,4,6-7,10-11H2,1-3H3. The van der Waals surface area contributed by atoms with E-state index in [0.29, 0.717) is 12.1 Å². The Balaban J connectivity index is 2.14. The van der Waals surface area contributed by atoms with Crippen LogP contribution in [0.4, 0.5) is 10.1 Å². The van der Waals surface area contributed by atoms with Crippen molar-refractivity contribution in [1.29, 1.82) is 0 Å². The summed E-state index contributed by atoms with van der Waals surface area (Å²) < 4.78 is 13.5. The zero-order valence-electron chi connectivity index (χ0n) is 12.7. The molecule has 1 aromatic carbocycles. The largest absolute Gasteiger partial charge is 0.371 e. The van der Waals surface area contributed by atoms with E-state index in [0.717, 1.165) is 30.0 Å². The van der Waals surface area contributed by atoms with E-state index in [1.807, 2.05) is 17.8 Å². The maximum Gasteiger partial charge on any atom is 0.123 e. The van der Waals surface area contributed by atoms with E-state index in [1.165, 1.54) is 12.8 Å². The summed E-state index contributed by atoms with van der Waals surface area (Å²) in [5.41, 5.74) is 2.22. The van der Waals surface area contributed by atoms with Gasteiger partial charge in [0.15, 0.2) is 0 Å². The maximum absolute atomic E-state index is 13.5. The lowest BCUT2D eigenvalue weighted by atomic mass is 10.1. The average Bonchev–Trinajstić information content (AvgIpc) is 3.26. The van der Waals surface area contributed by atoms with Crippen LogP contribution in [0, 0.1) is 5.82 Å². The van der Waals surface area contributed by atoms with Gasteiger partial charge in [-0.3, -0.25) is 0 Å². The highest BCUT2D eigenvalue weighted by Gasteiger charge is 2.22. The van der Waals surface area contributed by atoms with E-state index in [1.54, 1.807) is 12.1 Å². The van der Waals surface area contributed by atoms with E-state index in [-0.39, 0.29) is 5.82 Å². The van der Waals surface area contributed by atoms with E-state index in [9.17, 15) is 4.39 Å². The molecule has 0 heterocycles. The Morgan fingerprint density at radius 3 is 2.80 bits per heavy atom. The molecule has 2 nitrogen and oxygen atoms in total. The van der Waals surface area contributed by atoms with Crippen molar-refractivity contribution in [3.8, 4) is 0 Å². The van der Waals surface area contributed by atoms with Crippen LogP contribution >= 0.6 is 11.8 Å². The van der Waals surface area contributed by atoms with Gasteiger partial charge in [-0.05, 0) is 49.3 Å². The summed E-state index contributed by atoms with van der Waals surface area (Å²) in [6.07, 6.45) is 5.75. The number of hydrogen-bond acceptors (Lipinski definition) is 3. The summed E-state index contributed by atoms with van der Waals surface area (Å²) in [5.74, 6) is 0.951. The lowest BCUT2D eigenvalue weighted by Gasteiger charge is -2.31. The number of nitrogens with one attached hydrogen (secondary N) is 1. The normalized spacial score (nSPS) is 16.2. The van der Waals surface area contributed by atoms with Gasteiger partial charge in [-0.1, -0.05) is 6.92 Å². The SMILES string of the molecule is CCC(CSC)N(C)c1ccc(F)cc1CNC1CC1. The van der Waals surface area contributed by atoms with Crippen LogP contribution in [-0.2, 0) is 6.54 Å². The van der Waals surface area contributed by atoms with Crippen molar-refractivity contribution >= 4 is 17.4 Å². The Hall–Kier alpha value is -0.740. The Labute approximate surface area is 126 Å². The third kappa shape index (κ3) is 4.13. The van der Waals surface area contributed by atoms with Gasteiger partial charge in [0.1, 0.15) is 5.82 Å². The molecule has 1 fully saturated rings. The summed E-state index contributed by atoms with van der Waals surface area (Å²) in [7, 11) is 2.12. The molecule has 1 aliphatic rings. The number of thioether (sulfide) groups is 1. The second kappa shape index (κ2) is 7.32. The highest BCUT2D eigenvalue weighted by Crippen LogP contribution is 2.26. The van der Waals surface area contributed by atoms with Crippen molar-refractivity contribution in [3.63, 3.8) is 0 Å². The minimum atomic E-state index is -0.146. The van der Waals surface area contributed by atoms with Crippen molar-refractivity contribution in [1.82, 2.24) is 5.32 Å². The number of halogens is 1. The molecule has 1 N–H and O–H groups in total. The smallest absolute Gasteiger partial charge is 0.123 e. The predicted octanol–water partition coefficient (Wildman–Crippen LogP) is 3.66. The van der Waals surface area contributed by atoms with Crippen LogP contribution in [0.25, 0.3) is 0 Å². The Morgan fingerprint density at radius 2 is 2.20 bits per heavy atom. The molecule has 0 spiro atoms. The number of hydrogen-bond donors (Lipinski definition) is 1. The predicted molar refractivity (Wildman–Crippen MR) is 87.1 cm³/mol. The van der Waals surface area contributed by atoms with Crippen LogP contribution in [-0.4, -0.2) is 31.1 Å². The molecule has 1 aliphatic carbocycles. The fraction of sp³-hybridized carbons (Fsp3) is 0.625. The molecule has 0 radical (unpaired) electrons. The van der Waals surface area contributed by atoms with Gasteiger partial charge in [-0.2, -0.15) is 11.8 Å². The molecule has 1 saturated carbocycles. The van der Waals surface area contributed by atoms with Gasteiger partial charge < -0.3 is 10.2 Å². The first-order chi connectivity index (χ1) is 9.65. The fourth-order valence-corrected chi connectivity index (χ4v) is 3.32. The van der Waals surface area contributed by atoms with Gasteiger partial charge in [0.2, 0.25) is 0 Å². The van der Waals surface area contributed by atoms with Crippen LogP contribution in [0.5, 0.6) is 0 Å². The Morgan fingerprint density at radius 1 is 1.45 bits per heavy atom. The van der Waals surface area contributed by atoms with Crippen LogP contribution in [0.3, 0.4) is 0 Å². The van der Waals surface area contributed by atoms with Gasteiger partial charge in [-0.15, -0.1) is 0 Å². The molecule has 2 rings (SSSR count). The molecule has 4 heteroatoms. The molecule has 1 unspecified atom stereocenters. The van der Waals surface area contributed by atoms with Gasteiger partial charge in [-0.25, -0.2) is 4.39 Å². The number of nitrogens with zero attached hydrogens (tertiary/aromatic N) is 1. The highest BCUT2D eigenvalue weighted by atomic mass is 32.2. The lowest BCUT2D eigenvalue weighted by molar-refractivity contribution is 0.615. The minimum Gasteiger partial charge on any atom is -0.371 e. The van der Waals surface area contributed by atoms with Crippen molar-refractivity contribution in [2.45, 2.75) is 44.8 Å². The summed E-state index contributed by atoms with van der Waals surface area (Å²) in [6.45, 7) is 2.97. The van der Waals surface area contributed by atoms with E-state index in [2.05, 4.69) is 30.4 Å². The summed E-state index contributed by atoms with van der Waals surface area (Å²) in [5, 5.41) is 3.49. The molecule has 0 amide bonds. The maximum atomic E-state index is 13.5. The zero-order valence-corrected chi connectivity index (χ0v) is 13.5. The van der Waals surface area contributed by atoms with E-state index < -0.39 is 0 Å². The third-order valence-corrected chi connectivity index (χ3v) is 4.68. The second-order valence-electron chi connectivity index (χ2n) is 5.56. The van der Waals surface area contributed by atoms with Crippen LogP contribution < -0.4 is 10.2 Å². The first-order valence-corrected chi connectivity index (χ1v) is 8.78. The average molecular weight is 296 g/mol. The summed E-state index contributed by atoms with van der Waals surface area (Å²) in [6, 6.07) is 6.30. The zero-order chi connectivity index (χ0) is 14.5. The highest BCUT2D eigenvalue weighted by molar-refractivity contribution is 7.98. The molecule has 0 saturated heterocycles. The molecular weight excluding hydrogens is 271 g/mol. The van der Waals surface area contributed by atoms with E-state index in [4.69, 9.17) is 0 Å². The third-order valence-electron chi connectivity index (χ3n) is 3.96. The molecule has 20 heavy (non-hydrogen) atoms. The van der Waals surface area contributed by atoms with Crippen molar-refractivity contribution in [3.05, 3.63) is 29.6 Å². The number of anilines is 1. The fourth-order valence-electron chi connectivity index (χ4n) is 2.47. The second-order valence-corrected chi connectivity index (χ2v) is 6.47. The summed E-state index contributed by atoms with van der Waals surface area (Å²) >= 11 is 1.86. The Bertz CT molecular complexity index is 434. The monoisotopic (exact) mass is 296 g/mol. The molecule has 0 aliphatic heterocycles.